The number of carbonyl (C=O) groups is 1. The van der Waals surface area contributed by atoms with Crippen LogP contribution in [0.15, 0.2) is 30.5 Å². The normalized spacial score (nSPS) is 15.2. The summed E-state index contributed by atoms with van der Waals surface area (Å²) in [7, 11) is -1.52. The summed E-state index contributed by atoms with van der Waals surface area (Å²) in [6.45, 7) is 2.48. The van der Waals surface area contributed by atoms with Crippen molar-refractivity contribution in [3.63, 3.8) is 0 Å². The largest absolute Gasteiger partial charge is 0.453 e. The van der Waals surface area contributed by atoms with E-state index in [9.17, 15) is 13.9 Å². The second kappa shape index (κ2) is 8.67. The third kappa shape index (κ3) is 4.88. The lowest BCUT2D eigenvalue weighted by Gasteiger charge is -2.28. The molecule has 2 aromatic heterocycles. The van der Waals surface area contributed by atoms with E-state index in [-0.39, 0.29) is 5.88 Å². The number of hydrogen-bond acceptors (Lipinski definition) is 9. The molecule has 1 amide bonds. The quantitative estimate of drug-likeness (QED) is 0.538. The standard InChI is InChI=1S/C19H24N6O5S/c1-29-19(26)21-14-5-3-13(4-6-14)16-15-11-20-25(12-31(2,27)28)17(15)23-18(22-16)24-7-9-30-10-8-24/h3-6,11,27-28H,7-10,12H2,1-2H3,(H,21,26). The topological polar surface area (TPSA) is 135 Å². The summed E-state index contributed by atoms with van der Waals surface area (Å²) in [6, 6.07) is 7.17. The summed E-state index contributed by atoms with van der Waals surface area (Å²) in [4.78, 5) is 22.9. The Morgan fingerprint density at radius 3 is 2.58 bits per heavy atom. The predicted molar refractivity (Wildman–Crippen MR) is 119 cm³/mol. The molecule has 0 saturated carbocycles. The molecule has 0 unspecified atom stereocenters. The van der Waals surface area contributed by atoms with E-state index in [1.807, 2.05) is 17.0 Å². The van der Waals surface area contributed by atoms with E-state index in [0.717, 1.165) is 5.56 Å². The Kier molecular flexibility index (Phi) is 5.96. The van der Waals surface area contributed by atoms with E-state index in [0.29, 0.717) is 54.7 Å². The van der Waals surface area contributed by atoms with Crippen molar-refractivity contribution >= 4 is 39.4 Å². The number of carbonyl (C=O) groups excluding carboxylic acids is 1. The molecular formula is C19H24N6O5S. The van der Waals surface area contributed by atoms with Crippen molar-refractivity contribution in [2.75, 3.05) is 49.9 Å². The molecule has 1 aliphatic heterocycles. The predicted octanol–water partition coefficient (Wildman–Crippen LogP) is 2.85. The maximum Gasteiger partial charge on any atom is 0.411 e. The van der Waals surface area contributed by atoms with Gasteiger partial charge in [-0.15, -0.1) is 0 Å². The summed E-state index contributed by atoms with van der Waals surface area (Å²) in [6.07, 6.45) is 2.45. The molecule has 1 fully saturated rings. The van der Waals surface area contributed by atoms with E-state index in [2.05, 4.69) is 20.1 Å². The van der Waals surface area contributed by atoms with Crippen LogP contribution in [-0.2, 0) is 15.4 Å². The molecule has 0 aliphatic carbocycles. The number of rotatable bonds is 5. The lowest BCUT2D eigenvalue weighted by Crippen LogP contribution is -2.37. The Balaban J connectivity index is 1.78. The van der Waals surface area contributed by atoms with Gasteiger partial charge >= 0.3 is 6.09 Å². The van der Waals surface area contributed by atoms with E-state index < -0.39 is 16.7 Å². The van der Waals surface area contributed by atoms with Gasteiger partial charge in [0.25, 0.3) is 0 Å². The fraction of sp³-hybridized carbons (Fsp3) is 0.368. The minimum Gasteiger partial charge on any atom is -0.453 e. The first-order valence-electron chi connectivity index (χ1n) is 9.56. The van der Waals surface area contributed by atoms with Crippen molar-refractivity contribution in [1.82, 2.24) is 19.7 Å². The van der Waals surface area contributed by atoms with Crippen molar-refractivity contribution in [1.29, 1.82) is 0 Å². The Morgan fingerprint density at radius 2 is 1.94 bits per heavy atom. The van der Waals surface area contributed by atoms with Gasteiger partial charge in [0.2, 0.25) is 5.95 Å². The van der Waals surface area contributed by atoms with Gasteiger partial charge in [0.15, 0.2) is 5.65 Å². The summed E-state index contributed by atoms with van der Waals surface area (Å²) >= 11 is 0. The smallest absolute Gasteiger partial charge is 0.411 e. The molecule has 31 heavy (non-hydrogen) atoms. The molecule has 1 aromatic carbocycles. The van der Waals surface area contributed by atoms with Crippen LogP contribution in [-0.4, -0.2) is 74.6 Å². The molecule has 3 N–H and O–H groups in total. The van der Waals surface area contributed by atoms with Crippen LogP contribution in [0.2, 0.25) is 0 Å². The highest BCUT2D eigenvalue weighted by atomic mass is 32.3. The highest BCUT2D eigenvalue weighted by Crippen LogP contribution is 2.37. The number of anilines is 2. The van der Waals surface area contributed by atoms with E-state index in [1.54, 1.807) is 18.3 Å². The van der Waals surface area contributed by atoms with Crippen LogP contribution in [0.4, 0.5) is 16.4 Å². The van der Waals surface area contributed by atoms with Crippen LogP contribution in [0, 0.1) is 0 Å². The molecule has 0 bridgehead atoms. The van der Waals surface area contributed by atoms with Gasteiger partial charge in [0, 0.05) is 30.6 Å². The summed E-state index contributed by atoms with van der Waals surface area (Å²) < 4.78 is 31.4. The van der Waals surface area contributed by atoms with Crippen molar-refractivity contribution < 1.29 is 23.4 Å². The molecule has 12 heteroatoms. The van der Waals surface area contributed by atoms with Crippen LogP contribution in [0.5, 0.6) is 0 Å². The molecule has 0 atom stereocenters. The van der Waals surface area contributed by atoms with Gasteiger partial charge in [-0.05, 0) is 12.1 Å². The Bertz CT molecular complexity index is 1080. The molecule has 3 heterocycles. The molecule has 166 valence electrons. The highest BCUT2D eigenvalue weighted by Gasteiger charge is 2.21. The maximum atomic E-state index is 11.4. The van der Waals surface area contributed by atoms with Gasteiger partial charge < -0.3 is 14.4 Å². The van der Waals surface area contributed by atoms with E-state index in [1.165, 1.54) is 18.0 Å². The number of hydrogen-bond donors (Lipinski definition) is 3. The SMILES string of the molecule is COC(=O)Nc1ccc(-c2nc(N3CCOCC3)nc3c2cnn3CS(C)(O)O)cc1. The second-order valence-electron chi connectivity index (χ2n) is 7.17. The number of fused-ring (bicyclic) bond motifs is 1. The molecule has 1 aliphatic rings. The molecule has 1 saturated heterocycles. The zero-order valence-electron chi connectivity index (χ0n) is 17.2. The van der Waals surface area contributed by atoms with Crippen molar-refractivity contribution in [2.45, 2.75) is 5.88 Å². The Labute approximate surface area is 180 Å². The first-order chi connectivity index (χ1) is 14.8. The van der Waals surface area contributed by atoms with Gasteiger partial charge in [-0.1, -0.05) is 12.1 Å². The Morgan fingerprint density at radius 1 is 1.23 bits per heavy atom. The molecule has 0 spiro atoms. The average molecular weight is 449 g/mol. The first-order valence-corrected chi connectivity index (χ1v) is 11.7. The first kappa shape index (κ1) is 21.3. The number of morpholine rings is 1. The third-order valence-corrected chi connectivity index (χ3v) is 5.47. The van der Waals surface area contributed by atoms with Crippen molar-refractivity contribution in [3.8, 4) is 11.3 Å². The zero-order chi connectivity index (χ0) is 22.0. The number of methoxy groups -OCH3 is 1. The highest BCUT2D eigenvalue weighted by molar-refractivity contribution is 8.22. The number of aromatic nitrogens is 4. The van der Waals surface area contributed by atoms with Crippen LogP contribution in [0.1, 0.15) is 0 Å². The van der Waals surface area contributed by atoms with Crippen LogP contribution in [0.25, 0.3) is 22.3 Å². The summed E-state index contributed by atoms with van der Waals surface area (Å²) in [5, 5.41) is 7.62. The molecular weight excluding hydrogens is 424 g/mol. The average Bonchev–Trinajstić information content (AvgIpc) is 3.15. The molecule has 11 nitrogen and oxygen atoms in total. The number of ether oxygens (including phenoxy) is 2. The number of nitrogens with zero attached hydrogens (tertiary/aromatic N) is 5. The molecule has 3 aromatic rings. The minimum atomic E-state index is -2.82. The van der Waals surface area contributed by atoms with Crippen LogP contribution in [0.3, 0.4) is 0 Å². The monoisotopic (exact) mass is 448 g/mol. The van der Waals surface area contributed by atoms with Crippen molar-refractivity contribution in [2.24, 2.45) is 0 Å². The zero-order valence-corrected chi connectivity index (χ0v) is 18.0. The lowest BCUT2D eigenvalue weighted by atomic mass is 10.1. The van der Waals surface area contributed by atoms with Gasteiger partial charge in [-0.3, -0.25) is 14.4 Å². The van der Waals surface area contributed by atoms with Gasteiger partial charge in [0.1, 0.15) is 5.88 Å². The van der Waals surface area contributed by atoms with Gasteiger partial charge in [-0.2, -0.15) is 20.7 Å². The van der Waals surface area contributed by atoms with Crippen LogP contribution < -0.4 is 10.2 Å². The van der Waals surface area contributed by atoms with Gasteiger partial charge in [0.05, 0.1) is 37.6 Å². The van der Waals surface area contributed by atoms with Crippen LogP contribution >= 0.6 is 10.6 Å². The van der Waals surface area contributed by atoms with Gasteiger partial charge in [-0.25, -0.2) is 14.5 Å². The second-order valence-corrected chi connectivity index (χ2v) is 9.42. The lowest BCUT2D eigenvalue weighted by molar-refractivity contribution is 0.122. The fourth-order valence-corrected chi connectivity index (χ4v) is 3.93. The number of amides is 1. The third-order valence-electron chi connectivity index (χ3n) is 4.74. The molecule has 0 radical (unpaired) electrons. The van der Waals surface area contributed by atoms with E-state index >= 15 is 0 Å². The summed E-state index contributed by atoms with van der Waals surface area (Å²) in [5.41, 5.74) is 2.57. The number of benzene rings is 1. The maximum absolute atomic E-state index is 11.4. The summed E-state index contributed by atoms with van der Waals surface area (Å²) in [5.74, 6) is 0.467. The van der Waals surface area contributed by atoms with E-state index in [4.69, 9.17) is 9.72 Å². The Hall–Kier alpha value is -2.93. The minimum absolute atomic E-state index is 0.0580. The fourth-order valence-electron chi connectivity index (χ4n) is 3.28. The molecule has 4 rings (SSSR count). The van der Waals surface area contributed by atoms with Crippen molar-refractivity contribution in [3.05, 3.63) is 30.5 Å². The number of nitrogens with one attached hydrogen (secondary N) is 1.